The minimum absolute atomic E-state index is 0. The molecule has 10 heterocycles. The number of benzene rings is 12. The van der Waals surface area contributed by atoms with E-state index < -0.39 is 0 Å². The molecule has 0 unspecified atom stereocenters. The molecule has 0 aliphatic rings. The zero-order valence-corrected chi connectivity index (χ0v) is 74.3. The van der Waals surface area contributed by atoms with E-state index in [-0.39, 0.29) is 101 Å². The van der Waals surface area contributed by atoms with E-state index in [2.05, 4.69) is 324 Å². The second-order valence-electron chi connectivity index (χ2n) is 27.0. The number of hydrogen-bond donors (Lipinski definition) is 0. The summed E-state index contributed by atoms with van der Waals surface area (Å²) in [6.45, 7) is 6.20. The summed E-state index contributed by atoms with van der Waals surface area (Å²) >= 11 is 0. The molecule has 0 saturated carbocycles. The van der Waals surface area contributed by atoms with Gasteiger partial charge in [-0.25, -0.2) is 0 Å². The molecule has 22 aromatic rings. The molecule has 10 nitrogen and oxygen atoms in total. The number of fused-ring (bicyclic) bond motifs is 15. The van der Waals surface area contributed by atoms with Gasteiger partial charge in [0.2, 0.25) is 0 Å². The fourth-order valence-corrected chi connectivity index (χ4v) is 15.0. The van der Waals surface area contributed by atoms with Crippen LogP contribution in [0.4, 0.5) is 0 Å². The molecule has 0 spiro atoms. The second kappa shape index (κ2) is 36.8. The Balaban J connectivity index is 0.000000124. The molecule has 569 valence electrons. The Hall–Kier alpha value is -11.4. The molecule has 22 rings (SSSR count). The van der Waals surface area contributed by atoms with Gasteiger partial charge < -0.3 is 22.0 Å². The molecule has 0 bridgehead atoms. The average Bonchev–Trinajstić information content (AvgIpc) is 1.72. The first-order chi connectivity index (χ1) is 54.3. The Morgan fingerprint density at radius 3 is 1.46 bits per heavy atom. The molecule has 12 aromatic carbocycles. The molecular formula is C100H69Ir5N10-5. The number of pyridine rings is 5. The number of aromatic nitrogens is 10. The predicted octanol–water partition coefficient (Wildman–Crippen LogP) is 24.0. The van der Waals surface area contributed by atoms with E-state index in [0.717, 1.165) is 100 Å². The molecule has 0 aliphatic heterocycles. The van der Waals surface area contributed by atoms with Gasteiger partial charge in [0.1, 0.15) is 0 Å². The molecular weight excluding hydrogens is 2300 g/mol. The maximum atomic E-state index is 4.75. The van der Waals surface area contributed by atoms with Gasteiger partial charge in [0.05, 0.1) is 45.3 Å². The molecule has 5 radical (unpaired) electrons. The van der Waals surface area contributed by atoms with Crippen molar-refractivity contribution in [3.63, 3.8) is 0 Å². The van der Waals surface area contributed by atoms with Crippen LogP contribution in [0, 0.1) is 51.1 Å². The van der Waals surface area contributed by atoms with E-state index >= 15 is 0 Å². The van der Waals surface area contributed by atoms with Crippen molar-refractivity contribution in [2.45, 2.75) is 20.8 Å². The molecule has 0 atom stereocenters. The summed E-state index contributed by atoms with van der Waals surface area (Å²) in [5.41, 5.74) is 24.6. The van der Waals surface area contributed by atoms with Gasteiger partial charge in [0.25, 0.3) is 0 Å². The summed E-state index contributed by atoms with van der Waals surface area (Å²) in [7, 11) is 0. The van der Waals surface area contributed by atoms with Crippen LogP contribution < -0.4 is 0 Å². The van der Waals surface area contributed by atoms with Gasteiger partial charge in [-0.15, -0.1) is 152 Å². The molecule has 15 heteroatoms. The number of imidazole rings is 5. The fraction of sp³-hybridized carbons (Fsp3) is 0.0300. The summed E-state index contributed by atoms with van der Waals surface area (Å²) in [5.74, 6) is 0. The Kier molecular flexibility index (Phi) is 26.2. The van der Waals surface area contributed by atoms with Crippen molar-refractivity contribution in [2.75, 3.05) is 0 Å². The maximum Gasteiger partial charge on any atom is 0.0658 e. The summed E-state index contributed by atoms with van der Waals surface area (Å²) < 4.78 is 10.7. The smallest absolute Gasteiger partial charge is 0.0658 e. The molecule has 0 saturated heterocycles. The third kappa shape index (κ3) is 16.4. The van der Waals surface area contributed by atoms with E-state index in [1.807, 2.05) is 129 Å². The monoisotopic (exact) mass is 2370 g/mol. The van der Waals surface area contributed by atoms with Crippen LogP contribution in [0.2, 0.25) is 0 Å². The Morgan fingerprint density at radius 1 is 0.304 bits per heavy atom. The first-order valence-electron chi connectivity index (χ1n) is 36.7. The normalized spacial score (nSPS) is 10.7. The SMILES string of the molecule is Cc1cn2ccc3c(-c4ccccc4)cc[c-]c3c2n1.Cc1cn2ccnc2c2[c-]cc(-c3ccccc3)cc12.Cc1nc2c3[c-]cccc3ccn2c1-c1ccccc1.[Ir].[Ir].[Ir].[Ir].[Ir].[c-]1cccc2c(-c3ccccc3)c(-c3ccccc3)n3ccnc3c12.[c-]1cccc2cc(-c3ccccc3)n3c(-c4ccccc4)cnc3c12. The van der Waals surface area contributed by atoms with Crippen LogP contribution in [-0.2, 0) is 101 Å². The van der Waals surface area contributed by atoms with Crippen LogP contribution in [0.15, 0.2) is 365 Å². The largest absolute Gasteiger partial charge is 0.347 e. The van der Waals surface area contributed by atoms with E-state index in [0.29, 0.717) is 0 Å². The number of rotatable bonds is 7. The summed E-state index contributed by atoms with van der Waals surface area (Å²) in [6.07, 6.45) is 18.0. The number of aryl methyl sites for hydroxylation is 3. The second-order valence-corrected chi connectivity index (χ2v) is 27.0. The van der Waals surface area contributed by atoms with Gasteiger partial charge in [-0.1, -0.05) is 264 Å². The minimum atomic E-state index is 0. The van der Waals surface area contributed by atoms with Gasteiger partial charge in [0, 0.05) is 155 Å². The minimum Gasteiger partial charge on any atom is -0.347 e. The van der Waals surface area contributed by atoms with Crippen LogP contribution in [-0.4, -0.2) is 46.9 Å². The first kappa shape index (κ1) is 81.6. The Labute approximate surface area is 734 Å². The zero-order chi connectivity index (χ0) is 73.9. The number of hydrogen-bond acceptors (Lipinski definition) is 5. The van der Waals surface area contributed by atoms with Crippen molar-refractivity contribution < 1.29 is 101 Å². The summed E-state index contributed by atoms with van der Waals surface area (Å²) in [4.78, 5) is 23.1. The quantitative estimate of drug-likeness (QED) is 0.148. The van der Waals surface area contributed by atoms with Crippen molar-refractivity contribution in [1.29, 1.82) is 0 Å². The van der Waals surface area contributed by atoms with Crippen LogP contribution >= 0.6 is 0 Å². The molecule has 115 heavy (non-hydrogen) atoms. The molecule has 0 fully saturated rings. The van der Waals surface area contributed by atoms with E-state index in [1.165, 1.54) is 77.2 Å². The topological polar surface area (TPSA) is 86.5 Å². The van der Waals surface area contributed by atoms with Crippen molar-refractivity contribution in [2.24, 2.45) is 0 Å². The van der Waals surface area contributed by atoms with Crippen LogP contribution in [0.3, 0.4) is 0 Å². The van der Waals surface area contributed by atoms with Crippen molar-refractivity contribution in [3.8, 4) is 78.4 Å². The predicted molar refractivity (Wildman–Crippen MR) is 450 cm³/mol. The van der Waals surface area contributed by atoms with Crippen molar-refractivity contribution in [1.82, 2.24) is 46.9 Å². The molecule has 0 amide bonds. The summed E-state index contributed by atoms with van der Waals surface area (Å²) in [5, 5.41) is 11.2. The van der Waals surface area contributed by atoms with E-state index in [1.54, 1.807) is 0 Å². The zero-order valence-electron chi connectivity index (χ0n) is 62.3. The molecule has 10 aromatic heterocycles. The Morgan fingerprint density at radius 2 is 0.809 bits per heavy atom. The van der Waals surface area contributed by atoms with E-state index in [9.17, 15) is 0 Å². The third-order valence-electron chi connectivity index (χ3n) is 20.1. The van der Waals surface area contributed by atoms with Gasteiger partial charge in [-0.3, -0.25) is 24.9 Å². The van der Waals surface area contributed by atoms with Gasteiger partial charge in [0.15, 0.2) is 0 Å². The fourth-order valence-electron chi connectivity index (χ4n) is 15.0. The average molecular weight is 2370 g/mol. The van der Waals surface area contributed by atoms with Gasteiger partial charge in [-0.05, 0) is 78.3 Å². The van der Waals surface area contributed by atoms with Crippen LogP contribution in [0.1, 0.15) is 17.0 Å². The van der Waals surface area contributed by atoms with Crippen molar-refractivity contribution in [3.05, 3.63) is 412 Å². The molecule has 0 N–H and O–H groups in total. The third-order valence-corrected chi connectivity index (χ3v) is 20.1. The van der Waals surface area contributed by atoms with Crippen LogP contribution in [0.25, 0.3) is 161 Å². The van der Waals surface area contributed by atoms with E-state index in [4.69, 9.17) is 9.97 Å². The summed E-state index contributed by atoms with van der Waals surface area (Å²) in [6, 6.07) is 123. The molecule has 0 aliphatic carbocycles. The number of nitrogens with zero attached hydrogens (tertiary/aromatic N) is 10. The van der Waals surface area contributed by atoms with Crippen molar-refractivity contribution >= 4 is 82.1 Å². The Bertz CT molecular complexity index is 7060. The van der Waals surface area contributed by atoms with Gasteiger partial charge in [-0.2, -0.15) is 0 Å². The van der Waals surface area contributed by atoms with Crippen LogP contribution in [0.5, 0.6) is 0 Å². The first-order valence-corrected chi connectivity index (χ1v) is 36.7. The van der Waals surface area contributed by atoms with Gasteiger partial charge >= 0.3 is 0 Å². The standard InChI is InChI=1S/2C23H15N2.3C18H13N2.5Ir/c1-3-9-17(10-4-1)21-15-19-13-7-8-14-20(19)23-24-16-22(25(21)23)18-11-5-2-6-12-18;1-3-9-17(10-4-1)21-19-13-7-8-14-20(19)23-24-15-16-25(23)22(21)18-11-5-2-6-12-18;1-13-17(15-8-3-2-4-9-15)20-12-11-14-7-5-6-10-16(14)18(20)19-13;1-13-12-20-11-10-16-15(14-6-3-2-4-7-14)8-5-9-17(16)18(20)19-13;1-13-12-20-10-9-19-18(20)16-8-7-15(11-17(13)16)14-5-3-2-4-6-14;;;;;/h2*1-13,15-16H;2-9,11-12H,1H3;2-8,10-12H,1H3;2-7,9-12H,1H3;;;;;/q5*-1;;;;;. The maximum absolute atomic E-state index is 4.75.